The number of nitrogens with one attached hydrogen (secondary N) is 1. The highest BCUT2D eigenvalue weighted by Gasteiger charge is 2.48. The molecule has 1 aliphatic heterocycles. The van der Waals surface area contributed by atoms with Gasteiger partial charge in [0.05, 0.1) is 26.4 Å². The number of amides is 2. The quantitative estimate of drug-likeness (QED) is 0.858. The number of methoxy groups -OCH3 is 1. The van der Waals surface area contributed by atoms with Crippen LogP contribution in [0.5, 0.6) is 11.5 Å². The third kappa shape index (κ3) is 4.72. The van der Waals surface area contributed by atoms with Crippen LogP contribution in [-0.2, 0) is 11.3 Å². The number of carbonyl (C=O) groups is 1. The number of carbonyl (C=O) groups excluding carboxylic acids is 1. The van der Waals surface area contributed by atoms with Gasteiger partial charge in [-0.15, -0.1) is 0 Å². The lowest BCUT2D eigenvalue weighted by Crippen LogP contribution is -2.59. The van der Waals surface area contributed by atoms with Gasteiger partial charge in [-0.3, -0.25) is 0 Å². The standard InChI is InChI=1S/C17H23F3N2O4/c1-4-25-13-6-5-12(9-14(13)24-3)10-21-16(23)22-7-8-26-15(11(22)2)17(18,19)20/h5-6,9,11,15H,4,7-8,10H2,1-3H3,(H,21,23)/t11-,15-/m0/s1. The molecular formula is C17H23F3N2O4. The van der Waals surface area contributed by atoms with Crippen molar-refractivity contribution in [2.45, 2.75) is 38.7 Å². The summed E-state index contributed by atoms with van der Waals surface area (Å²) < 4.78 is 54.3. The Balaban J connectivity index is 2.00. The van der Waals surface area contributed by atoms with Crippen molar-refractivity contribution in [2.75, 3.05) is 26.9 Å². The van der Waals surface area contributed by atoms with Crippen molar-refractivity contribution in [3.05, 3.63) is 23.8 Å². The van der Waals surface area contributed by atoms with Gasteiger partial charge in [0, 0.05) is 13.1 Å². The first-order valence-corrected chi connectivity index (χ1v) is 8.30. The highest BCUT2D eigenvalue weighted by Crippen LogP contribution is 2.30. The molecule has 0 aromatic heterocycles. The number of hydrogen-bond donors (Lipinski definition) is 1. The van der Waals surface area contributed by atoms with Crippen molar-refractivity contribution in [3.63, 3.8) is 0 Å². The lowest BCUT2D eigenvalue weighted by Gasteiger charge is -2.39. The average Bonchev–Trinajstić information content (AvgIpc) is 2.60. The molecule has 6 nitrogen and oxygen atoms in total. The number of ether oxygens (including phenoxy) is 3. The first-order chi connectivity index (χ1) is 12.3. The Morgan fingerprint density at radius 2 is 2.12 bits per heavy atom. The van der Waals surface area contributed by atoms with E-state index < -0.39 is 24.4 Å². The summed E-state index contributed by atoms with van der Waals surface area (Å²) in [5.74, 6) is 1.11. The van der Waals surface area contributed by atoms with E-state index in [1.807, 2.05) is 6.92 Å². The molecule has 0 aliphatic carbocycles. The van der Waals surface area contributed by atoms with Crippen LogP contribution in [0.3, 0.4) is 0 Å². The summed E-state index contributed by atoms with van der Waals surface area (Å²) in [5, 5.41) is 2.64. The van der Waals surface area contributed by atoms with Crippen LogP contribution in [0.25, 0.3) is 0 Å². The van der Waals surface area contributed by atoms with Gasteiger partial charge in [0.25, 0.3) is 0 Å². The molecule has 0 unspecified atom stereocenters. The van der Waals surface area contributed by atoms with Gasteiger partial charge in [0.1, 0.15) is 0 Å². The molecule has 0 spiro atoms. The Labute approximate surface area is 150 Å². The van der Waals surface area contributed by atoms with Gasteiger partial charge in [0.2, 0.25) is 0 Å². The van der Waals surface area contributed by atoms with Crippen LogP contribution in [0.1, 0.15) is 19.4 Å². The fourth-order valence-electron chi connectivity index (χ4n) is 2.81. The van der Waals surface area contributed by atoms with Gasteiger partial charge in [-0.25, -0.2) is 4.79 Å². The maximum atomic E-state index is 13.0. The molecule has 9 heteroatoms. The summed E-state index contributed by atoms with van der Waals surface area (Å²) in [6.07, 6.45) is -6.49. The van der Waals surface area contributed by atoms with Gasteiger partial charge in [-0.1, -0.05) is 6.07 Å². The molecule has 1 aromatic rings. The van der Waals surface area contributed by atoms with E-state index in [-0.39, 0.29) is 19.7 Å². The third-order valence-electron chi connectivity index (χ3n) is 4.11. The Morgan fingerprint density at radius 3 is 2.73 bits per heavy atom. The second kappa shape index (κ2) is 8.48. The van der Waals surface area contributed by atoms with Crippen molar-refractivity contribution in [3.8, 4) is 11.5 Å². The number of hydrogen-bond acceptors (Lipinski definition) is 4. The normalized spacial score (nSPS) is 20.6. The van der Waals surface area contributed by atoms with Crippen LogP contribution in [0.4, 0.5) is 18.0 Å². The second-order valence-electron chi connectivity index (χ2n) is 5.84. The lowest BCUT2D eigenvalue weighted by atomic mass is 10.1. The van der Waals surface area contributed by atoms with Crippen molar-refractivity contribution in [1.29, 1.82) is 0 Å². The van der Waals surface area contributed by atoms with Crippen LogP contribution >= 0.6 is 0 Å². The van der Waals surface area contributed by atoms with E-state index in [9.17, 15) is 18.0 Å². The summed E-state index contributed by atoms with van der Waals surface area (Å²) >= 11 is 0. The molecule has 2 atom stereocenters. The first-order valence-electron chi connectivity index (χ1n) is 8.30. The summed E-state index contributed by atoms with van der Waals surface area (Å²) in [6.45, 7) is 3.77. The molecule has 0 bridgehead atoms. The van der Waals surface area contributed by atoms with Gasteiger partial charge >= 0.3 is 12.2 Å². The maximum Gasteiger partial charge on any atom is 0.416 e. The van der Waals surface area contributed by atoms with Crippen molar-refractivity contribution in [1.82, 2.24) is 10.2 Å². The molecule has 1 fully saturated rings. The Kier molecular flexibility index (Phi) is 6.57. The van der Waals surface area contributed by atoms with Gasteiger partial charge in [-0.2, -0.15) is 13.2 Å². The number of alkyl halides is 3. The fourth-order valence-corrected chi connectivity index (χ4v) is 2.81. The molecule has 1 heterocycles. The number of urea groups is 1. The second-order valence-corrected chi connectivity index (χ2v) is 5.84. The molecule has 0 saturated carbocycles. The maximum absolute atomic E-state index is 13.0. The van der Waals surface area contributed by atoms with Crippen LogP contribution in [-0.4, -0.2) is 56.1 Å². The molecule has 146 valence electrons. The fraction of sp³-hybridized carbons (Fsp3) is 0.588. The number of halogens is 3. The van der Waals surface area contributed by atoms with E-state index >= 15 is 0 Å². The van der Waals surface area contributed by atoms with Crippen LogP contribution in [0, 0.1) is 0 Å². The number of rotatable bonds is 5. The Morgan fingerprint density at radius 1 is 1.38 bits per heavy atom. The predicted octanol–water partition coefficient (Wildman–Crippen LogP) is 2.96. The molecule has 1 aliphatic rings. The van der Waals surface area contributed by atoms with Crippen molar-refractivity contribution < 1.29 is 32.2 Å². The van der Waals surface area contributed by atoms with Gasteiger partial charge < -0.3 is 24.4 Å². The monoisotopic (exact) mass is 376 g/mol. The van der Waals surface area contributed by atoms with Crippen LogP contribution < -0.4 is 14.8 Å². The summed E-state index contributed by atoms with van der Waals surface area (Å²) in [4.78, 5) is 13.5. The summed E-state index contributed by atoms with van der Waals surface area (Å²) in [7, 11) is 1.51. The Hall–Kier alpha value is -2.16. The molecule has 2 amide bonds. The van der Waals surface area contributed by atoms with E-state index in [0.29, 0.717) is 18.1 Å². The first kappa shape index (κ1) is 20.2. The van der Waals surface area contributed by atoms with Gasteiger partial charge in [0.15, 0.2) is 17.6 Å². The third-order valence-corrected chi connectivity index (χ3v) is 4.11. The number of nitrogens with zero attached hydrogens (tertiary/aromatic N) is 1. The summed E-state index contributed by atoms with van der Waals surface area (Å²) in [6, 6.07) is 3.53. The number of morpholine rings is 1. The molecule has 1 N–H and O–H groups in total. The molecule has 2 rings (SSSR count). The molecular weight excluding hydrogens is 353 g/mol. The highest BCUT2D eigenvalue weighted by atomic mass is 19.4. The van der Waals surface area contributed by atoms with E-state index in [2.05, 4.69) is 5.32 Å². The van der Waals surface area contributed by atoms with E-state index in [0.717, 1.165) is 10.5 Å². The largest absolute Gasteiger partial charge is 0.493 e. The minimum Gasteiger partial charge on any atom is -0.493 e. The molecule has 0 radical (unpaired) electrons. The van der Waals surface area contributed by atoms with Crippen molar-refractivity contribution in [2.24, 2.45) is 0 Å². The zero-order valence-electron chi connectivity index (χ0n) is 14.9. The predicted molar refractivity (Wildman–Crippen MR) is 88.4 cm³/mol. The highest BCUT2D eigenvalue weighted by molar-refractivity contribution is 5.74. The van der Waals surface area contributed by atoms with Crippen LogP contribution in [0.15, 0.2) is 18.2 Å². The average molecular weight is 376 g/mol. The van der Waals surface area contributed by atoms with E-state index in [1.165, 1.54) is 14.0 Å². The minimum absolute atomic E-state index is 0.103. The minimum atomic E-state index is -4.51. The zero-order chi connectivity index (χ0) is 19.3. The van der Waals surface area contributed by atoms with Gasteiger partial charge in [-0.05, 0) is 31.5 Å². The smallest absolute Gasteiger partial charge is 0.416 e. The topological polar surface area (TPSA) is 60.0 Å². The van der Waals surface area contributed by atoms with E-state index in [4.69, 9.17) is 14.2 Å². The molecule has 26 heavy (non-hydrogen) atoms. The number of benzene rings is 1. The molecule has 1 saturated heterocycles. The van der Waals surface area contributed by atoms with E-state index in [1.54, 1.807) is 18.2 Å². The molecule has 1 aromatic carbocycles. The van der Waals surface area contributed by atoms with Crippen LogP contribution in [0.2, 0.25) is 0 Å². The Bertz CT molecular complexity index is 625. The SMILES string of the molecule is CCOc1ccc(CNC(=O)N2CCO[C@H](C(F)(F)F)[C@@H]2C)cc1OC. The lowest BCUT2D eigenvalue weighted by molar-refractivity contribution is -0.246. The summed E-state index contributed by atoms with van der Waals surface area (Å²) in [5.41, 5.74) is 0.743. The van der Waals surface area contributed by atoms with Crippen molar-refractivity contribution >= 4 is 6.03 Å². The zero-order valence-corrected chi connectivity index (χ0v) is 14.9.